The van der Waals surface area contributed by atoms with E-state index >= 15 is 0 Å². The SMILES string of the molecule is C/C=C/C1CCC(C2CCC(CN=[N+]=[N-])CC2)CC1. The number of azide groups is 1. The summed E-state index contributed by atoms with van der Waals surface area (Å²) < 4.78 is 0. The lowest BCUT2D eigenvalue weighted by atomic mass is 9.69. The number of allylic oxidation sites excluding steroid dienone is 2. The summed E-state index contributed by atoms with van der Waals surface area (Å²) in [6.45, 7) is 2.86. The maximum atomic E-state index is 8.37. The van der Waals surface area contributed by atoms with Crippen LogP contribution in [0.2, 0.25) is 0 Å². The van der Waals surface area contributed by atoms with Crippen LogP contribution in [0.5, 0.6) is 0 Å². The number of rotatable bonds is 4. The highest BCUT2D eigenvalue weighted by Crippen LogP contribution is 2.41. The molecule has 2 aliphatic rings. The van der Waals surface area contributed by atoms with Crippen molar-refractivity contribution in [3.05, 3.63) is 22.6 Å². The van der Waals surface area contributed by atoms with E-state index in [1.54, 1.807) is 0 Å². The predicted octanol–water partition coefficient (Wildman–Crippen LogP) is 5.49. The summed E-state index contributed by atoms with van der Waals surface area (Å²) >= 11 is 0. The standard InChI is InChI=1S/C16H27N3/c1-2-3-13-4-8-15(9-5-13)16-10-6-14(7-11-16)12-18-19-17/h2-3,13-16H,4-12H2,1H3/b3-2+. The van der Waals surface area contributed by atoms with Gasteiger partial charge in [0.25, 0.3) is 0 Å². The van der Waals surface area contributed by atoms with Gasteiger partial charge in [-0.05, 0) is 74.7 Å². The van der Waals surface area contributed by atoms with E-state index in [1.165, 1.54) is 51.4 Å². The van der Waals surface area contributed by atoms with E-state index in [0.717, 1.165) is 24.3 Å². The van der Waals surface area contributed by atoms with Gasteiger partial charge in [-0.15, -0.1) is 0 Å². The minimum Gasteiger partial charge on any atom is -0.0937 e. The average molecular weight is 261 g/mol. The number of hydrogen-bond acceptors (Lipinski definition) is 1. The molecule has 19 heavy (non-hydrogen) atoms. The Hall–Kier alpha value is -0.950. The lowest BCUT2D eigenvalue weighted by molar-refractivity contribution is 0.157. The lowest BCUT2D eigenvalue weighted by Crippen LogP contribution is -2.26. The zero-order valence-corrected chi connectivity index (χ0v) is 12.2. The smallest absolute Gasteiger partial charge is 0.0286 e. The maximum Gasteiger partial charge on any atom is 0.0286 e. The summed E-state index contributed by atoms with van der Waals surface area (Å²) in [6, 6.07) is 0. The molecule has 0 aromatic rings. The van der Waals surface area contributed by atoms with Gasteiger partial charge in [0.15, 0.2) is 0 Å². The molecule has 0 saturated heterocycles. The van der Waals surface area contributed by atoms with Crippen LogP contribution < -0.4 is 0 Å². The van der Waals surface area contributed by atoms with Crippen molar-refractivity contribution in [2.45, 2.75) is 58.3 Å². The molecule has 0 aromatic heterocycles. The molecule has 0 spiro atoms. The normalized spacial score (nSPS) is 36.1. The van der Waals surface area contributed by atoms with Crippen LogP contribution in [0.25, 0.3) is 10.4 Å². The van der Waals surface area contributed by atoms with Gasteiger partial charge in [-0.2, -0.15) is 0 Å². The van der Waals surface area contributed by atoms with Crippen molar-refractivity contribution in [2.75, 3.05) is 6.54 Å². The molecule has 0 aliphatic heterocycles. The van der Waals surface area contributed by atoms with Crippen molar-refractivity contribution in [3.63, 3.8) is 0 Å². The molecule has 0 unspecified atom stereocenters. The van der Waals surface area contributed by atoms with Crippen molar-refractivity contribution in [1.82, 2.24) is 0 Å². The molecule has 0 heterocycles. The molecule has 0 amide bonds. The fourth-order valence-corrected chi connectivity index (χ4v) is 4.08. The summed E-state index contributed by atoms with van der Waals surface area (Å²) in [5.41, 5.74) is 8.37. The highest BCUT2D eigenvalue weighted by atomic mass is 15.1. The van der Waals surface area contributed by atoms with Crippen LogP contribution in [0.1, 0.15) is 58.3 Å². The predicted molar refractivity (Wildman–Crippen MR) is 79.7 cm³/mol. The van der Waals surface area contributed by atoms with Crippen molar-refractivity contribution in [1.29, 1.82) is 0 Å². The molecule has 2 fully saturated rings. The van der Waals surface area contributed by atoms with E-state index < -0.39 is 0 Å². The van der Waals surface area contributed by atoms with Gasteiger partial charge >= 0.3 is 0 Å². The van der Waals surface area contributed by atoms with E-state index in [9.17, 15) is 0 Å². The molecular weight excluding hydrogens is 234 g/mol. The minimum absolute atomic E-state index is 0.659. The molecule has 2 rings (SSSR count). The van der Waals surface area contributed by atoms with Gasteiger partial charge in [0, 0.05) is 11.5 Å². The number of hydrogen-bond donors (Lipinski definition) is 0. The molecule has 0 radical (unpaired) electrons. The molecule has 2 aliphatic carbocycles. The first-order valence-corrected chi connectivity index (χ1v) is 7.97. The molecule has 0 atom stereocenters. The van der Waals surface area contributed by atoms with Crippen LogP contribution in [-0.4, -0.2) is 6.54 Å². The second-order valence-corrected chi connectivity index (χ2v) is 6.39. The molecule has 0 aromatic carbocycles. The van der Waals surface area contributed by atoms with Crippen LogP contribution in [0.4, 0.5) is 0 Å². The van der Waals surface area contributed by atoms with Crippen molar-refractivity contribution < 1.29 is 0 Å². The van der Waals surface area contributed by atoms with Gasteiger partial charge in [0.2, 0.25) is 0 Å². The largest absolute Gasteiger partial charge is 0.0937 e. The Labute approximate surface area is 117 Å². The Bertz CT molecular complexity index is 328. The monoisotopic (exact) mass is 261 g/mol. The maximum absolute atomic E-state index is 8.37. The molecule has 0 bridgehead atoms. The Balaban J connectivity index is 1.72. The first-order valence-electron chi connectivity index (χ1n) is 7.97. The minimum atomic E-state index is 0.659. The fraction of sp³-hybridized carbons (Fsp3) is 0.875. The summed E-state index contributed by atoms with van der Waals surface area (Å²) in [7, 11) is 0. The van der Waals surface area contributed by atoms with Gasteiger partial charge in [0.05, 0.1) is 0 Å². The van der Waals surface area contributed by atoms with E-state index in [-0.39, 0.29) is 0 Å². The second kappa shape index (κ2) is 7.59. The molecule has 2 saturated carbocycles. The Morgan fingerprint density at radius 1 is 1.00 bits per heavy atom. The van der Waals surface area contributed by atoms with Crippen LogP contribution in [-0.2, 0) is 0 Å². The highest BCUT2D eigenvalue weighted by Gasteiger charge is 2.29. The van der Waals surface area contributed by atoms with Crippen molar-refractivity contribution >= 4 is 0 Å². The van der Waals surface area contributed by atoms with Crippen LogP contribution >= 0.6 is 0 Å². The van der Waals surface area contributed by atoms with E-state index in [0.29, 0.717) is 5.92 Å². The van der Waals surface area contributed by atoms with Crippen molar-refractivity contribution in [3.8, 4) is 0 Å². The van der Waals surface area contributed by atoms with Crippen LogP contribution in [0, 0.1) is 23.7 Å². The second-order valence-electron chi connectivity index (χ2n) is 6.39. The molecule has 0 N–H and O–H groups in total. The summed E-state index contributed by atoms with van der Waals surface area (Å²) in [4.78, 5) is 2.88. The van der Waals surface area contributed by atoms with Crippen LogP contribution in [0.15, 0.2) is 17.3 Å². The van der Waals surface area contributed by atoms with Crippen molar-refractivity contribution in [2.24, 2.45) is 28.8 Å². The Kier molecular flexibility index (Phi) is 5.78. The summed E-state index contributed by atoms with van der Waals surface area (Å²) in [6.07, 6.45) is 15.5. The third-order valence-corrected chi connectivity index (χ3v) is 5.24. The van der Waals surface area contributed by atoms with E-state index in [2.05, 4.69) is 29.1 Å². The summed E-state index contributed by atoms with van der Waals surface area (Å²) in [5.74, 6) is 3.44. The Morgan fingerprint density at radius 3 is 2.11 bits per heavy atom. The van der Waals surface area contributed by atoms with E-state index in [1.807, 2.05) is 0 Å². The molecule has 106 valence electrons. The molecule has 3 nitrogen and oxygen atoms in total. The molecular formula is C16H27N3. The Morgan fingerprint density at radius 2 is 1.58 bits per heavy atom. The van der Waals surface area contributed by atoms with Gasteiger partial charge < -0.3 is 0 Å². The fourth-order valence-electron chi connectivity index (χ4n) is 4.08. The average Bonchev–Trinajstić information content (AvgIpc) is 2.47. The van der Waals surface area contributed by atoms with E-state index in [4.69, 9.17) is 5.53 Å². The highest BCUT2D eigenvalue weighted by molar-refractivity contribution is 4.90. The van der Waals surface area contributed by atoms with Gasteiger partial charge in [-0.1, -0.05) is 30.1 Å². The van der Waals surface area contributed by atoms with Gasteiger partial charge in [-0.25, -0.2) is 0 Å². The lowest BCUT2D eigenvalue weighted by Gasteiger charge is -2.37. The topological polar surface area (TPSA) is 48.8 Å². The van der Waals surface area contributed by atoms with Crippen LogP contribution in [0.3, 0.4) is 0 Å². The zero-order chi connectivity index (χ0) is 13.5. The van der Waals surface area contributed by atoms with Gasteiger partial charge in [0.1, 0.15) is 0 Å². The summed E-state index contributed by atoms with van der Waals surface area (Å²) in [5, 5.41) is 3.74. The third-order valence-electron chi connectivity index (χ3n) is 5.24. The quantitative estimate of drug-likeness (QED) is 0.278. The third kappa shape index (κ3) is 4.28. The number of nitrogens with zero attached hydrogens (tertiary/aromatic N) is 3. The molecule has 3 heteroatoms. The first kappa shape index (κ1) is 14.5. The first-order chi connectivity index (χ1) is 9.33. The van der Waals surface area contributed by atoms with Gasteiger partial charge in [-0.3, -0.25) is 0 Å². The zero-order valence-electron chi connectivity index (χ0n) is 12.2.